The standard InChI is InChI=1S/C23H27N3O3S/c1-25(2)15-8-16-26(20(27)14-11-17-9-6-5-7-10-17)23-24-21-18(28-3)12-13-19(29-4)22(21)30-23/h5-7,9-14H,8,15-16H2,1-4H3/p+1/b14-11+. The maximum absolute atomic E-state index is 13.1. The first-order valence-corrected chi connectivity index (χ1v) is 10.7. The maximum atomic E-state index is 13.1. The third kappa shape index (κ3) is 5.17. The fraction of sp³-hybridized carbons (Fsp3) is 0.304. The van der Waals surface area contributed by atoms with E-state index in [4.69, 9.17) is 14.5 Å². The highest BCUT2D eigenvalue weighted by atomic mass is 32.1. The Morgan fingerprint density at radius 3 is 2.47 bits per heavy atom. The van der Waals surface area contributed by atoms with E-state index in [1.807, 2.05) is 48.5 Å². The predicted molar refractivity (Wildman–Crippen MR) is 123 cm³/mol. The third-order valence-corrected chi connectivity index (χ3v) is 5.77. The number of carbonyl (C=O) groups excluding carboxylic acids is 1. The summed E-state index contributed by atoms with van der Waals surface area (Å²) in [5.41, 5.74) is 1.69. The van der Waals surface area contributed by atoms with E-state index in [2.05, 4.69) is 14.1 Å². The monoisotopic (exact) mass is 426 g/mol. The van der Waals surface area contributed by atoms with Gasteiger partial charge in [0.05, 0.1) is 34.9 Å². The highest BCUT2D eigenvalue weighted by Gasteiger charge is 2.21. The summed E-state index contributed by atoms with van der Waals surface area (Å²) in [6.45, 7) is 1.55. The number of nitrogens with zero attached hydrogens (tertiary/aromatic N) is 2. The molecule has 0 bridgehead atoms. The molecule has 0 aliphatic carbocycles. The number of hydrogen-bond donors (Lipinski definition) is 1. The molecule has 0 saturated heterocycles. The Morgan fingerprint density at radius 1 is 1.10 bits per heavy atom. The van der Waals surface area contributed by atoms with E-state index in [-0.39, 0.29) is 5.91 Å². The Morgan fingerprint density at radius 2 is 1.80 bits per heavy atom. The number of hydrogen-bond acceptors (Lipinski definition) is 5. The van der Waals surface area contributed by atoms with Gasteiger partial charge in [-0.25, -0.2) is 4.98 Å². The number of thiazole rings is 1. The molecule has 6 nitrogen and oxygen atoms in total. The molecule has 0 unspecified atom stereocenters. The summed E-state index contributed by atoms with van der Waals surface area (Å²) in [7, 11) is 7.46. The van der Waals surface area contributed by atoms with Gasteiger partial charge < -0.3 is 14.4 Å². The number of carbonyl (C=O) groups is 1. The minimum Gasteiger partial charge on any atom is -0.495 e. The second-order valence-electron chi connectivity index (χ2n) is 7.19. The van der Waals surface area contributed by atoms with Crippen LogP contribution in [0, 0.1) is 0 Å². The van der Waals surface area contributed by atoms with Gasteiger partial charge in [0.2, 0.25) is 0 Å². The molecule has 3 aromatic rings. The smallest absolute Gasteiger partial charge is 0.252 e. The van der Waals surface area contributed by atoms with Gasteiger partial charge in [0.25, 0.3) is 5.91 Å². The lowest BCUT2D eigenvalue weighted by atomic mass is 10.2. The number of rotatable bonds is 9. The molecule has 30 heavy (non-hydrogen) atoms. The van der Waals surface area contributed by atoms with Crippen molar-refractivity contribution in [2.75, 3.05) is 46.3 Å². The van der Waals surface area contributed by atoms with Gasteiger partial charge in [-0.15, -0.1) is 0 Å². The summed E-state index contributed by atoms with van der Waals surface area (Å²) in [5.74, 6) is 1.29. The molecule has 0 fully saturated rings. The van der Waals surface area contributed by atoms with Gasteiger partial charge in [-0.3, -0.25) is 9.69 Å². The molecule has 7 heteroatoms. The molecule has 1 N–H and O–H groups in total. The molecule has 2 aromatic carbocycles. The van der Waals surface area contributed by atoms with E-state index in [1.165, 1.54) is 16.2 Å². The van der Waals surface area contributed by atoms with Crippen LogP contribution in [0.5, 0.6) is 11.5 Å². The number of nitrogens with one attached hydrogen (secondary N) is 1. The molecule has 158 valence electrons. The van der Waals surface area contributed by atoms with Gasteiger partial charge in [-0.05, 0) is 23.8 Å². The Balaban J connectivity index is 1.95. The number of amides is 1. The van der Waals surface area contributed by atoms with E-state index in [0.29, 0.717) is 22.9 Å². The predicted octanol–water partition coefficient (Wildman–Crippen LogP) is 2.89. The van der Waals surface area contributed by atoms with Crippen molar-refractivity contribution in [2.24, 2.45) is 0 Å². The van der Waals surface area contributed by atoms with Gasteiger partial charge in [-0.2, -0.15) is 0 Å². The zero-order valence-corrected chi connectivity index (χ0v) is 18.7. The van der Waals surface area contributed by atoms with Gasteiger partial charge in [0, 0.05) is 19.0 Å². The highest BCUT2D eigenvalue weighted by Crippen LogP contribution is 2.40. The number of benzene rings is 2. The summed E-state index contributed by atoms with van der Waals surface area (Å²) >= 11 is 1.44. The molecular weight excluding hydrogens is 398 g/mol. The first kappa shape index (κ1) is 21.8. The van der Waals surface area contributed by atoms with Gasteiger partial charge >= 0.3 is 0 Å². The molecule has 0 spiro atoms. The SMILES string of the molecule is COc1ccc(OC)c2sc(N(CCC[NH+](C)C)C(=O)/C=C/c3ccccc3)nc12. The Hall–Kier alpha value is -2.90. The summed E-state index contributed by atoms with van der Waals surface area (Å²) in [4.78, 5) is 20.9. The number of fused-ring (bicyclic) bond motifs is 1. The lowest BCUT2D eigenvalue weighted by molar-refractivity contribution is -0.858. The van der Waals surface area contributed by atoms with Gasteiger partial charge in [0.15, 0.2) is 5.13 Å². The van der Waals surface area contributed by atoms with Crippen molar-refractivity contribution < 1.29 is 19.2 Å². The Bertz CT molecular complexity index is 974. The zero-order chi connectivity index (χ0) is 21.5. The van der Waals surface area contributed by atoms with Crippen LogP contribution in [0.15, 0.2) is 48.5 Å². The molecule has 0 radical (unpaired) electrons. The molecule has 0 aliphatic heterocycles. The van der Waals surface area contributed by atoms with Crippen LogP contribution in [0.4, 0.5) is 5.13 Å². The number of methoxy groups -OCH3 is 2. The van der Waals surface area contributed by atoms with E-state index >= 15 is 0 Å². The van der Waals surface area contributed by atoms with Crippen molar-refractivity contribution in [3.8, 4) is 11.5 Å². The van der Waals surface area contributed by atoms with Crippen molar-refractivity contribution in [3.05, 3.63) is 54.1 Å². The van der Waals surface area contributed by atoms with Crippen molar-refractivity contribution >= 4 is 38.7 Å². The van der Waals surface area contributed by atoms with E-state index < -0.39 is 0 Å². The summed E-state index contributed by atoms with van der Waals surface area (Å²) in [5, 5.41) is 0.643. The van der Waals surface area contributed by atoms with Crippen LogP contribution < -0.4 is 19.3 Å². The number of anilines is 1. The van der Waals surface area contributed by atoms with Crippen LogP contribution in [-0.2, 0) is 4.79 Å². The maximum Gasteiger partial charge on any atom is 0.252 e. The molecular formula is C23H28N3O3S+. The second-order valence-corrected chi connectivity index (χ2v) is 8.17. The Labute approximate surface area is 181 Å². The van der Waals surface area contributed by atoms with Crippen LogP contribution in [-0.4, -0.2) is 52.3 Å². The molecule has 1 aromatic heterocycles. The number of quaternary nitrogens is 1. The lowest BCUT2D eigenvalue weighted by Gasteiger charge is -2.18. The van der Waals surface area contributed by atoms with Crippen LogP contribution in [0.1, 0.15) is 12.0 Å². The first-order valence-electron chi connectivity index (χ1n) is 9.88. The normalized spacial score (nSPS) is 11.4. The fourth-order valence-corrected chi connectivity index (χ4v) is 4.21. The van der Waals surface area contributed by atoms with Gasteiger partial charge in [-0.1, -0.05) is 41.7 Å². The molecule has 0 atom stereocenters. The second kappa shape index (κ2) is 10.2. The largest absolute Gasteiger partial charge is 0.495 e. The van der Waals surface area contributed by atoms with Crippen molar-refractivity contribution in [1.29, 1.82) is 0 Å². The molecule has 0 saturated carbocycles. The minimum absolute atomic E-state index is 0.0930. The molecule has 1 heterocycles. The summed E-state index contributed by atoms with van der Waals surface area (Å²) < 4.78 is 11.8. The summed E-state index contributed by atoms with van der Waals surface area (Å²) in [6, 6.07) is 13.5. The summed E-state index contributed by atoms with van der Waals surface area (Å²) in [6.07, 6.45) is 4.32. The molecule has 1 amide bonds. The van der Waals surface area contributed by atoms with E-state index in [0.717, 1.165) is 29.0 Å². The first-order chi connectivity index (χ1) is 14.5. The van der Waals surface area contributed by atoms with Crippen LogP contribution >= 0.6 is 11.3 Å². The lowest BCUT2D eigenvalue weighted by Crippen LogP contribution is -3.05. The fourth-order valence-electron chi connectivity index (χ4n) is 3.10. The highest BCUT2D eigenvalue weighted by molar-refractivity contribution is 7.22. The topological polar surface area (TPSA) is 56.1 Å². The van der Waals surface area contributed by atoms with Crippen LogP contribution in [0.2, 0.25) is 0 Å². The van der Waals surface area contributed by atoms with Crippen molar-refractivity contribution in [2.45, 2.75) is 6.42 Å². The molecule has 3 rings (SSSR count). The Kier molecular flexibility index (Phi) is 7.43. The third-order valence-electron chi connectivity index (χ3n) is 4.67. The number of aromatic nitrogens is 1. The minimum atomic E-state index is -0.0930. The quantitative estimate of drug-likeness (QED) is 0.535. The van der Waals surface area contributed by atoms with E-state index in [9.17, 15) is 4.79 Å². The van der Waals surface area contributed by atoms with E-state index in [1.54, 1.807) is 25.2 Å². The zero-order valence-electron chi connectivity index (χ0n) is 17.8. The van der Waals surface area contributed by atoms with Gasteiger partial charge in [0.1, 0.15) is 21.7 Å². The molecule has 0 aliphatic rings. The average molecular weight is 427 g/mol. The number of ether oxygens (including phenoxy) is 2. The average Bonchev–Trinajstić information content (AvgIpc) is 3.20. The van der Waals surface area contributed by atoms with Crippen LogP contribution in [0.25, 0.3) is 16.3 Å². The van der Waals surface area contributed by atoms with Crippen molar-refractivity contribution in [3.63, 3.8) is 0 Å². The van der Waals surface area contributed by atoms with Crippen LogP contribution in [0.3, 0.4) is 0 Å². The van der Waals surface area contributed by atoms with Crippen molar-refractivity contribution in [1.82, 2.24) is 4.98 Å².